The molecule has 2 aromatic heterocycles. The van der Waals surface area contributed by atoms with E-state index in [-0.39, 0.29) is 5.82 Å². The standard InChI is InChI=1S/C18H11ClFN3S/c19-12-3-1-11(2-4-12)15-9-24-18-16(15)17(21-10-22-18)23-14-7-5-13(20)6-8-14/h1-10H,(H,21,22,23). The second-order valence-corrected chi connectivity index (χ2v) is 6.49. The van der Waals surface area contributed by atoms with Gasteiger partial charge in [-0.3, -0.25) is 0 Å². The van der Waals surface area contributed by atoms with Gasteiger partial charge in [-0.15, -0.1) is 11.3 Å². The van der Waals surface area contributed by atoms with Gasteiger partial charge in [0.1, 0.15) is 22.8 Å². The molecule has 0 amide bonds. The van der Waals surface area contributed by atoms with Gasteiger partial charge >= 0.3 is 0 Å². The third-order valence-corrected chi connectivity index (χ3v) is 4.77. The molecule has 3 nitrogen and oxygen atoms in total. The summed E-state index contributed by atoms with van der Waals surface area (Å²) in [4.78, 5) is 9.60. The molecule has 1 N–H and O–H groups in total. The fourth-order valence-electron chi connectivity index (χ4n) is 2.48. The Balaban J connectivity index is 1.82. The van der Waals surface area contributed by atoms with Gasteiger partial charge in [0.05, 0.1) is 5.39 Å². The summed E-state index contributed by atoms with van der Waals surface area (Å²) >= 11 is 7.53. The van der Waals surface area contributed by atoms with Gasteiger partial charge in [0.2, 0.25) is 0 Å². The third kappa shape index (κ3) is 2.84. The smallest absolute Gasteiger partial charge is 0.143 e. The molecule has 0 saturated heterocycles. The van der Waals surface area contributed by atoms with Crippen molar-refractivity contribution in [2.45, 2.75) is 0 Å². The number of hydrogen-bond acceptors (Lipinski definition) is 4. The van der Waals surface area contributed by atoms with Gasteiger partial charge in [0.15, 0.2) is 0 Å². The van der Waals surface area contributed by atoms with Crippen molar-refractivity contribution in [3.05, 3.63) is 71.1 Å². The minimum absolute atomic E-state index is 0.272. The quantitative estimate of drug-likeness (QED) is 0.497. The SMILES string of the molecule is Fc1ccc(Nc2ncnc3scc(-c4ccc(Cl)cc4)c23)cc1. The van der Waals surface area contributed by atoms with Crippen LogP contribution in [-0.2, 0) is 0 Å². The Bertz CT molecular complexity index is 997. The van der Waals surface area contributed by atoms with Crippen molar-refractivity contribution in [2.75, 3.05) is 5.32 Å². The normalized spacial score (nSPS) is 10.9. The minimum Gasteiger partial charge on any atom is -0.340 e. The summed E-state index contributed by atoms with van der Waals surface area (Å²) in [6, 6.07) is 13.8. The molecule has 0 bridgehead atoms. The molecule has 4 rings (SSSR count). The summed E-state index contributed by atoms with van der Waals surface area (Å²) in [5.74, 6) is 0.420. The second-order valence-electron chi connectivity index (χ2n) is 5.19. The number of thiophene rings is 1. The van der Waals surface area contributed by atoms with Crippen LogP contribution in [0.2, 0.25) is 5.02 Å². The third-order valence-electron chi connectivity index (χ3n) is 3.63. The maximum Gasteiger partial charge on any atom is 0.143 e. The number of benzene rings is 2. The second kappa shape index (κ2) is 6.19. The highest BCUT2D eigenvalue weighted by molar-refractivity contribution is 7.17. The summed E-state index contributed by atoms with van der Waals surface area (Å²) in [6.07, 6.45) is 1.52. The number of aromatic nitrogens is 2. The molecule has 0 atom stereocenters. The van der Waals surface area contributed by atoms with E-state index in [4.69, 9.17) is 11.6 Å². The number of halogens is 2. The lowest BCUT2D eigenvalue weighted by Crippen LogP contribution is -1.95. The van der Waals surface area contributed by atoms with Crippen molar-refractivity contribution in [3.63, 3.8) is 0 Å². The summed E-state index contributed by atoms with van der Waals surface area (Å²) in [5, 5.41) is 6.93. The Morgan fingerprint density at radius 3 is 2.46 bits per heavy atom. The van der Waals surface area contributed by atoms with E-state index in [1.807, 2.05) is 24.3 Å². The Kier molecular flexibility index (Phi) is 3.88. The fraction of sp³-hybridized carbons (Fsp3) is 0. The zero-order valence-corrected chi connectivity index (χ0v) is 13.9. The first-order chi connectivity index (χ1) is 11.7. The molecule has 0 saturated carbocycles. The Labute approximate surface area is 146 Å². The van der Waals surface area contributed by atoms with Crippen molar-refractivity contribution < 1.29 is 4.39 Å². The largest absolute Gasteiger partial charge is 0.340 e. The highest BCUT2D eigenvalue weighted by Crippen LogP contribution is 2.37. The highest BCUT2D eigenvalue weighted by Gasteiger charge is 2.13. The van der Waals surface area contributed by atoms with Crippen LogP contribution < -0.4 is 5.32 Å². The van der Waals surface area contributed by atoms with Gasteiger partial charge in [-0.05, 0) is 42.0 Å². The topological polar surface area (TPSA) is 37.8 Å². The Morgan fingerprint density at radius 2 is 1.71 bits per heavy atom. The molecule has 0 aliphatic rings. The predicted molar refractivity (Wildman–Crippen MR) is 97.5 cm³/mol. The first kappa shape index (κ1) is 15.1. The average Bonchev–Trinajstić information content (AvgIpc) is 3.03. The van der Waals surface area contributed by atoms with E-state index in [9.17, 15) is 4.39 Å². The van der Waals surface area contributed by atoms with E-state index in [1.165, 1.54) is 18.5 Å². The maximum atomic E-state index is 13.1. The van der Waals surface area contributed by atoms with Crippen LogP contribution in [0.3, 0.4) is 0 Å². The molecule has 2 heterocycles. The summed E-state index contributed by atoms with van der Waals surface area (Å²) in [7, 11) is 0. The Hall–Kier alpha value is -2.50. The van der Waals surface area contributed by atoms with Gasteiger partial charge in [-0.1, -0.05) is 23.7 Å². The first-order valence-corrected chi connectivity index (χ1v) is 8.47. The lowest BCUT2D eigenvalue weighted by atomic mass is 10.1. The molecule has 6 heteroatoms. The number of hydrogen-bond donors (Lipinski definition) is 1. The average molecular weight is 356 g/mol. The molecule has 0 fully saturated rings. The van der Waals surface area contributed by atoms with E-state index in [2.05, 4.69) is 20.7 Å². The van der Waals surface area contributed by atoms with Crippen molar-refractivity contribution in [1.82, 2.24) is 9.97 Å². The van der Waals surface area contributed by atoms with Crippen LogP contribution in [0, 0.1) is 5.82 Å². The monoisotopic (exact) mass is 355 g/mol. The molecule has 118 valence electrons. The number of anilines is 2. The number of nitrogens with zero attached hydrogens (tertiary/aromatic N) is 2. The van der Waals surface area contributed by atoms with Gasteiger partial charge < -0.3 is 5.32 Å². The first-order valence-electron chi connectivity index (χ1n) is 7.21. The van der Waals surface area contributed by atoms with Gasteiger partial charge in [-0.2, -0.15) is 0 Å². The molecule has 0 spiro atoms. The van der Waals surface area contributed by atoms with Crippen LogP contribution in [0.4, 0.5) is 15.9 Å². The summed E-state index contributed by atoms with van der Waals surface area (Å²) in [6.45, 7) is 0. The molecule has 0 aliphatic heterocycles. The Morgan fingerprint density at radius 1 is 0.958 bits per heavy atom. The van der Waals surface area contributed by atoms with Crippen LogP contribution in [0.25, 0.3) is 21.3 Å². The molecular formula is C18H11ClFN3S. The van der Waals surface area contributed by atoms with E-state index in [0.29, 0.717) is 10.8 Å². The van der Waals surface area contributed by atoms with E-state index >= 15 is 0 Å². The molecule has 24 heavy (non-hydrogen) atoms. The molecular weight excluding hydrogens is 345 g/mol. The summed E-state index contributed by atoms with van der Waals surface area (Å²) in [5.41, 5.74) is 2.85. The van der Waals surface area contributed by atoms with Crippen molar-refractivity contribution in [1.29, 1.82) is 0 Å². The number of fused-ring (bicyclic) bond motifs is 1. The van der Waals surface area contributed by atoms with E-state index in [1.54, 1.807) is 23.5 Å². The molecule has 0 radical (unpaired) electrons. The number of rotatable bonds is 3. The van der Waals surface area contributed by atoms with Crippen LogP contribution >= 0.6 is 22.9 Å². The predicted octanol–water partition coefficient (Wildman–Crippen LogP) is 5.89. The van der Waals surface area contributed by atoms with Crippen molar-refractivity contribution in [3.8, 4) is 11.1 Å². The fourth-order valence-corrected chi connectivity index (χ4v) is 3.52. The lowest BCUT2D eigenvalue weighted by Gasteiger charge is -2.08. The molecule has 2 aromatic carbocycles. The van der Waals surface area contributed by atoms with E-state index in [0.717, 1.165) is 27.0 Å². The molecule has 4 aromatic rings. The summed E-state index contributed by atoms with van der Waals surface area (Å²) < 4.78 is 13.1. The van der Waals surface area contributed by atoms with Crippen LogP contribution in [0.1, 0.15) is 0 Å². The van der Waals surface area contributed by atoms with Gasteiger partial charge in [-0.25, -0.2) is 14.4 Å². The van der Waals surface area contributed by atoms with Crippen LogP contribution in [0.5, 0.6) is 0 Å². The van der Waals surface area contributed by atoms with E-state index < -0.39 is 0 Å². The molecule has 0 aliphatic carbocycles. The van der Waals surface area contributed by atoms with Crippen LogP contribution in [0.15, 0.2) is 60.2 Å². The van der Waals surface area contributed by atoms with Gasteiger partial charge in [0.25, 0.3) is 0 Å². The zero-order chi connectivity index (χ0) is 16.5. The zero-order valence-electron chi connectivity index (χ0n) is 12.3. The lowest BCUT2D eigenvalue weighted by molar-refractivity contribution is 0.628. The highest BCUT2D eigenvalue weighted by atomic mass is 35.5. The van der Waals surface area contributed by atoms with Crippen LogP contribution in [-0.4, -0.2) is 9.97 Å². The molecule has 0 unspecified atom stereocenters. The van der Waals surface area contributed by atoms with Crippen molar-refractivity contribution in [2.24, 2.45) is 0 Å². The van der Waals surface area contributed by atoms with Crippen molar-refractivity contribution >= 4 is 44.7 Å². The number of nitrogens with one attached hydrogen (secondary N) is 1. The van der Waals surface area contributed by atoms with Gasteiger partial charge in [0, 0.05) is 21.7 Å². The maximum absolute atomic E-state index is 13.1. The minimum atomic E-state index is -0.272.